The minimum Gasteiger partial charge on any atom is -0.395 e. The molecule has 1 aromatic carbocycles. The van der Waals surface area contributed by atoms with Gasteiger partial charge in [0.05, 0.1) is 12.4 Å². The predicted octanol–water partition coefficient (Wildman–Crippen LogP) is 1.85. The van der Waals surface area contributed by atoms with Gasteiger partial charge in [-0.05, 0) is 18.4 Å². The van der Waals surface area contributed by atoms with Gasteiger partial charge in [0.1, 0.15) is 0 Å². The van der Waals surface area contributed by atoms with E-state index in [0.29, 0.717) is 12.3 Å². The van der Waals surface area contributed by atoms with E-state index >= 15 is 0 Å². The van der Waals surface area contributed by atoms with Gasteiger partial charge in [0, 0.05) is 11.8 Å². The van der Waals surface area contributed by atoms with E-state index in [4.69, 9.17) is 5.11 Å². The van der Waals surface area contributed by atoms with E-state index in [9.17, 15) is 4.79 Å². The molecule has 1 atom stereocenters. The fraction of sp³-hybridized carbons (Fsp3) is 0.500. The maximum atomic E-state index is 11.5. The van der Waals surface area contributed by atoms with Gasteiger partial charge in [-0.3, -0.25) is 4.79 Å². The first-order valence-electron chi connectivity index (χ1n) is 6.25. The Morgan fingerprint density at radius 1 is 1.39 bits per heavy atom. The molecule has 0 aliphatic heterocycles. The minimum atomic E-state index is 0.0494. The number of aliphatic hydroxyl groups excluding tert-OH is 1. The van der Waals surface area contributed by atoms with Crippen LogP contribution in [0.3, 0.4) is 0 Å². The second-order valence-corrected chi connectivity index (χ2v) is 5.67. The Labute approximate surface area is 113 Å². The number of carbonyl (C=O) groups excluding carboxylic acids is 1. The molecule has 100 valence electrons. The van der Waals surface area contributed by atoms with Gasteiger partial charge < -0.3 is 10.4 Å². The third kappa shape index (κ3) is 6.67. The van der Waals surface area contributed by atoms with Crippen molar-refractivity contribution >= 4 is 17.7 Å². The summed E-state index contributed by atoms with van der Waals surface area (Å²) in [6.45, 7) is 2.74. The van der Waals surface area contributed by atoms with Crippen LogP contribution in [0.15, 0.2) is 30.3 Å². The Balaban J connectivity index is 2.05. The molecule has 1 amide bonds. The van der Waals surface area contributed by atoms with Gasteiger partial charge in [0.15, 0.2) is 0 Å². The molecule has 1 rings (SSSR count). The molecule has 0 saturated carbocycles. The summed E-state index contributed by atoms with van der Waals surface area (Å²) in [6, 6.07) is 10.3. The Hall–Kier alpha value is -1.00. The van der Waals surface area contributed by atoms with E-state index in [1.165, 1.54) is 17.3 Å². The molecule has 0 aliphatic rings. The van der Waals surface area contributed by atoms with Crippen LogP contribution in [0.1, 0.15) is 18.9 Å². The molecular formula is C14H21NO2S. The minimum absolute atomic E-state index is 0.0494. The van der Waals surface area contributed by atoms with E-state index in [1.54, 1.807) is 0 Å². The van der Waals surface area contributed by atoms with Gasteiger partial charge in [0.2, 0.25) is 5.91 Å². The lowest BCUT2D eigenvalue weighted by Gasteiger charge is -2.08. The van der Waals surface area contributed by atoms with Crippen LogP contribution < -0.4 is 5.32 Å². The lowest BCUT2D eigenvalue weighted by molar-refractivity contribution is -0.118. The largest absolute Gasteiger partial charge is 0.395 e. The highest BCUT2D eigenvalue weighted by molar-refractivity contribution is 8.00. The predicted molar refractivity (Wildman–Crippen MR) is 76.8 cm³/mol. The molecule has 0 spiro atoms. The van der Waals surface area contributed by atoms with Crippen LogP contribution in [0.2, 0.25) is 0 Å². The number of amides is 1. The van der Waals surface area contributed by atoms with Crippen LogP contribution in [0.5, 0.6) is 0 Å². The summed E-state index contributed by atoms with van der Waals surface area (Å²) in [4.78, 5) is 11.5. The summed E-state index contributed by atoms with van der Waals surface area (Å²) < 4.78 is 0. The molecule has 0 bridgehead atoms. The third-order valence-corrected chi connectivity index (χ3v) is 3.71. The van der Waals surface area contributed by atoms with Gasteiger partial charge in [0.25, 0.3) is 0 Å². The van der Waals surface area contributed by atoms with Crippen molar-refractivity contribution < 1.29 is 9.90 Å². The molecule has 18 heavy (non-hydrogen) atoms. The molecule has 0 heterocycles. The normalized spacial score (nSPS) is 12.1. The number of thioether (sulfide) groups is 1. The average Bonchev–Trinajstić information content (AvgIpc) is 2.42. The van der Waals surface area contributed by atoms with E-state index in [-0.39, 0.29) is 17.8 Å². The zero-order valence-corrected chi connectivity index (χ0v) is 11.6. The lowest BCUT2D eigenvalue weighted by atomic mass is 10.1. The maximum Gasteiger partial charge on any atom is 0.230 e. The second kappa shape index (κ2) is 9.00. The summed E-state index contributed by atoms with van der Waals surface area (Å²) in [5.74, 6) is 0.473. The number of nitrogens with one attached hydrogen (secondary N) is 1. The first kappa shape index (κ1) is 15.1. The fourth-order valence-electron chi connectivity index (χ4n) is 1.49. The van der Waals surface area contributed by atoms with Crippen molar-refractivity contribution in [2.45, 2.75) is 25.0 Å². The van der Waals surface area contributed by atoms with Crippen LogP contribution in [0.4, 0.5) is 0 Å². The monoisotopic (exact) mass is 267 g/mol. The molecule has 2 N–H and O–H groups in total. The van der Waals surface area contributed by atoms with E-state index in [0.717, 1.165) is 12.8 Å². The van der Waals surface area contributed by atoms with Crippen molar-refractivity contribution in [2.75, 3.05) is 18.9 Å². The summed E-state index contributed by atoms with van der Waals surface area (Å²) in [5.41, 5.74) is 1.30. The zero-order valence-electron chi connectivity index (χ0n) is 10.8. The average molecular weight is 267 g/mol. The Morgan fingerprint density at radius 3 is 2.78 bits per heavy atom. The number of carbonyl (C=O) groups is 1. The van der Waals surface area contributed by atoms with Crippen molar-refractivity contribution in [2.24, 2.45) is 0 Å². The van der Waals surface area contributed by atoms with Gasteiger partial charge in [-0.25, -0.2) is 0 Å². The first-order chi connectivity index (χ1) is 8.72. The van der Waals surface area contributed by atoms with E-state index in [2.05, 4.69) is 17.4 Å². The van der Waals surface area contributed by atoms with Crippen LogP contribution in [0.25, 0.3) is 0 Å². The topological polar surface area (TPSA) is 49.3 Å². The first-order valence-corrected chi connectivity index (χ1v) is 7.30. The van der Waals surface area contributed by atoms with Gasteiger partial charge in [-0.2, -0.15) is 0 Å². The van der Waals surface area contributed by atoms with E-state index < -0.39 is 0 Å². The van der Waals surface area contributed by atoms with Crippen LogP contribution in [-0.2, 0) is 11.2 Å². The third-order valence-electron chi connectivity index (χ3n) is 2.56. The quantitative estimate of drug-likeness (QED) is 0.707. The van der Waals surface area contributed by atoms with Gasteiger partial charge in [-0.15, -0.1) is 11.8 Å². The van der Waals surface area contributed by atoms with Gasteiger partial charge in [-0.1, -0.05) is 37.3 Å². The molecule has 1 aromatic rings. The number of benzene rings is 1. The highest BCUT2D eigenvalue weighted by Crippen LogP contribution is 2.08. The highest BCUT2D eigenvalue weighted by Gasteiger charge is 2.05. The number of rotatable bonds is 8. The van der Waals surface area contributed by atoms with Crippen molar-refractivity contribution in [3.63, 3.8) is 0 Å². The van der Waals surface area contributed by atoms with Gasteiger partial charge >= 0.3 is 0 Å². The zero-order chi connectivity index (χ0) is 13.2. The van der Waals surface area contributed by atoms with Crippen molar-refractivity contribution in [3.8, 4) is 0 Å². The number of aliphatic hydroxyl groups is 1. The fourth-order valence-corrected chi connectivity index (χ4v) is 2.13. The smallest absolute Gasteiger partial charge is 0.230 e. The summed E-state index contributed by atoms with van der Waals surface area (Å²) >= 11 is 1.48. The van der Waals surface area contributed by atoms with E-state index in [1.807, 2.05) is 25.1 Å². The molecule has 0 radical (unpaired) electrons. The molecule has 0 fully saturated rings. The Kier molecular flexibility index (Phi) is 7.53. The SMILES string of the molecule is CC(CO)SCC(=O)NCCCc1ccccc1. The maximum absolute atomic E-state index is 11.5. The molecule has 3 nitrogen and oxygen atoms in total. The molecule has 1 unspecified atom stereocenters. The summed E-state index contributed by atoms with van der Waals surface area (Å²) in [6.07, 6.45) is 1.94. The van der Waals surface area contributed by atoms with Crippen LogP contribution >= 0.6 is 11.8 Å². The standard InChI is InChI=1S/C14H21NO2S/c1-12(10-16)18-11-14(17)15-9-5-8-13-6-3-2-4-7-13/h2-4,6-7,12,16H,5,8-11H2,1H3,(H,15,17). The molecule has 0 aliphatic carbocycles. The number of aryl methyl sites for hydroxylation is 1. The molecule has 4 heteroatoms. The summed E-state index contributed by atoms with van der Waals surface area (Å²) in [7, 11) is 0. The van der Waals surface area contributed by atoms with Crippen molar-refractivity contribution in [1.29, 1.82) is 0 Å². The molecule has 0 aromatic heterocycles. The lowest BCUT2D eigenvalue weighted by Crippen LogP contribution is -2.27. The van der Waals surface area contributed by atoms with Crippen LogP contribution in [0, 0.1) is 0 Å². The van der Waals surface area contributed by atoms with Crippen molar-refractivity contribution in [1.82, 2.24) is 5.32 Å². The Morgan fingerprint density at radius 2 is 2.11 bits per heavy atom. The summed E-state index contributed by atoms with van der Waals surface area (Å²) in [5, 5.41) is 11.9. The van der Waals surface area contributed by atoms with Crippen molar-refractivity contribution in [3.05, 3.63) is 35.9 Å². The molecular weight excluding hydrogens is 246 g/mol. The molecule has 0 saturated heterocycles. The number of hydrogen-bond acceptors (Lipinski definition) is 3. The second-order valence-electron chi connectivity index (χ2n) is 4.24. The highest BCUT2D eigenvalue weighted by atomic mass is 32.2. The van der Waals surface area contributed by atoms with Crippen LogP contribution in [-0.4, -0.2) is 35.2 Å². The Bertz CT molecular complexity index is 343. The number of hydrogen-bond donors (Lipinski definition) is 2.